The van der Waals surface area contributed by atoms with Crippen molar-refractivity contribution in [1.29, 1.82) is 0 Å². The maximum Gasteiger partial charge on any atom is 0.224 e. The lowest BCUT2D eigenvalue weighted by Gasteiger charge is -2.23. The first-order chi connectivity index (χ1) is 7.02. The van der Waals surface area contributed by atoms with Gasteiger partial charge < -0.3 is 11.1 Å². The van der Waals surface area contributed by atoms with Crippen molar-refractivity contribution in [2.75, 3.05) is 0 Å². The Labute approximate surface area is 92.8 Å². The van der Waals surface area contributed by atoms with E-state index in [4.69, 9.17) is 5.73 Å². The lowest BCUT2D eigenvalue weighted by atomic mass is 9.97. The molecule has 0 aromatic carbocycles. The summed E-state index contributed by atoms with van der Waals surface area (Å²) in [5.41, 5.74) is 5.71. The Morgan fingerprint density at radius 3 is 2.27 bits per heavy atom. The predicted octanol–water partition coefficient (Wildman–Crippen LogP) is 1.66. The Hall–Kier alpha value is -0.570. The fraction of sp³-hybridized carbons (Fsp3) is 0.917. The number of rotatable bonds is 4. The zero-order valence-electron chi connectivity index (χ0n) is 10.1. The van der Waals surface area contributed by atoms with Crippen molar-refractivity contribution in [1.82, 2.24) is 5.32 Å². The van der Waals surface area contributed by atoms with Gasteiger partial charge in [-0.3, -0.25) is 4.79 Å². The van der Waals surface area contributed by atoms with Crippen molar-refractivity contribution in [3.63, 3.8) is 0 Å². The fourth-order valence-corrected chi connectivity index (χ4v) is 2.17. The number of nitrogens with one attached hydrogen (secondary N) is 1. The molecule has 0 bridgehead atoms. The molecule has 3 N–H and O–H groups in total. The average Bonchev–Trinajstić information content (AvgIpc) is 2.68. The van der Waals surface area contributed by atoms with Crippen LogP contribution in [0, 0.1) is 11.8 Å². The summed E-state index contributed by atoms with van der Waals surface area (Å²) in [4.78, 5) is 11.8. The molecule has 88 valence electrons. The molecule has 15 heavy (non-hydrogen) atoms. The van der Waals surface area contributed by atoms with Gasteiger partial charge >= 0.3 is 0 Å². The summed E-state index contributed by atoms with van der Waals surface area (Å²) in [5.74, 6) is 0.687. The van der Waals surface area contributed by atoms with Gasteiger partial charge in [-0.15, -0.1) is 0 Å². The van der Waals surface area contributed by atoms with Crippen LogP contribution in [0.25, 0.3) is 0 Å². The Morgan fingerprint density at radius 2 is 1.80 bits per heavy atom. The predicted molar refractivity (Wildman–Crippen MR) is 62.4 cm³/mol. The molecule has 3 atom stereocenters. The molecular weight excluding hydrogens is 188 g/mol. The molecular formula is C12H24N2O. The molecule has 2 unspecified atom stereocenters. The first-order valence-electron chi connectivity index (χ1n) is 6.08. The highest BCUT2D eigenvalue weighted by Crippen LogP contribution is 2.27. The van der Waals surface area contributed by atoms with Crippen molar-refractivity contribution in [2.24, 2.45) is 17.6 Å². The van der Waals surface area contributed by atoms with E-state index in [-0.39, 0.29) is 17.9 Å². The van der Waals surface area contributed by atoms with E-state index >= 15 is 0 Å². The van der Waals surface area contributed by atoms with Crippen LogP contribution in [0.1, 0.15) is 46.5 Å². The standard InChI is InChI=1S/C12H24N2O/c1-8(9(2)13)12(15)14-10(3)11-6-4-5-7-11/h8-11H,4-7,13H2,1-3H3,(H,14,15)/t8?,9?,10-/m1/s1. The van der Waals surface area contributed by atoms with Gasteiger partial charge in [-0.2, -0.15) is 0 Å². The first kappa shape index (κ1) is 12.5. The lowest BCUT2D eigenvalue weighted by molar-refractivity contribution is -0.125. The van der Waals surface area contributed by atoms with Gasteiger partial charge in [0.05, 0.1) is 0 Å². The monoisotopic (exact) mass is 212 g/mol. The Balaban J connectivity index is 2.36. The topological polar surface area (TPSA) is 55.1 Å². The van der Waals surface area contributed by atoms with Crippen LogP contribution in [0.15, 0.2) is 0 Å². The van der Waals surface area contributed by atoms with Crippen molar-refractivity contribution < 1.29 is 4.79 Å². The molecule has 0 aliphatic heterocycles. The lowest BCUT2D eigenvalue weighted by Crippen LogP contribution is -2.44. The van der Waals surface area contributed by atoms with Gasteiger partial charge in [0, 0.05) is 18.0 Å². The van der Waals surface area contributed by atoms with E-state index in [0.29, 0.717) is 12.0 Å². The number of amides is 1. The average molecular weight is 212 g/mol. The van der Waals surface area contributed by atoms with E-state index in [1.807, 2.05) is 13.8 Å². The number of hydrogen-bond acceptors (Lipinski definition) is 2. The van der Waals surface area contributed by atoms with Crippen LogP contribution < -0.4 is 11.1 Å². The second-order valence-electron chi connectivity index (χ2n) is 4.99. The highest BCUT2D eigenvalue weighted by atomic mass is 16.1. The largest absolute Gasteiger partial charge is 0.353 e. The minimum Gasteiger partial charge on any atom is -0.353 e. The van der Waals surface area contributed by atoms with Crippen LogP contribution in [-0.2, 0) is 4.79 Å². The summed E-state index contributed by atoms with van der Waals surface area (Å²) in [7, 11) is 0. The van der Waals surface area contributed by atoms with Crippen LogP contribution in [0.3, 0.4) is 0 Å². The minimum atomic E-state index is -0.0890. The zero-order chi connectivity index (χ0) is 11.4. The summed E-state index contributed by atoms with van der Waals surface area (Å²) in [6.07, 6.45) is 5.14. The van der Waals surface area contributed by atoms with Gasteiger partial charge in [0.1, 0.15) is 0 Å². The quantitative estimate of drug-likeness (QED) is 0.744. The van der Waals surface area contributed by atoms with E-state index in [9.17, 15) is 4.79 Å². The van der Waals surface area contributed by atoms with E-state index in [1.54, 1.807) is 0 Å². The molecule has 1 aliphatic rings. The molecule has 0 saturated heterocycles. The van der Waals surface area contributed by atoms with Crippen LogP contribution in [0.2, 0.25) is 0 Å². The van der Waals surface area contributed by atoms with Crippen molar-refractivity contribution >= 4 is 5.91 Å². The normalized spacial score (nSPS) is 23.5. The summed E-state index contributed by atoms with van der Waals surface area (Å²) in [5, 5.41) is 3.08. The molecule has 0 radical (unpaired) electrons. The van der Waals surface area contributed by atoms with E-state index < -0.39 is 0 Å². The Morgan fingerprint density at radius 1 is 1.27 bits per heavy atom. The molecule has 3 heteroatoms. The second-order valence-corrected chi connectivity index (χ2v) is 4.99. The molecule has 3 nitrogen and oxygen atoms in total. The molecule has 0 spiro atoms. The van der Waals surface area contributed by atoms with Gasteiger partial charge in [0.15, 0.2) is 0 Å². The van der Waals surface area contributed by atoms with Crippen LogP contribution >= 0.6 is 0 Å². The van der Waals surface area contributed by atoms with E-state index in [0.717, 1.165) is 0 Å². The minimum absolute atomic E-state index is 0.0687. The highest BCUT2D eigenvalue weighted by molar-refractivity contribution is 5.79. The first-order valence-corrected chi connectivity index (χ1v) is 6.08. The van der Waals surface area contributed by atoms with Crippen molar-refractivity contribution in [3.8, 4) is 0 Å². The maximum absolute atomic E-state index is 11.8. The molecule has 1 saturated carbocycles. The fourth-order valence-electron chi connectivity index (χ4n) is 2.17. The maximum atomic E-state index is 11.8. The number of carbonyl (C=O) groups is 1. The molecule has 1 fully saturated rings. The number of nitrogens with two attached hydrogens (primary N) is 1. The van der Waals surface area contributed by atoms with Crippen molar-refractivity contribution in [3.05, 3.63) is 0 Å². The number of carbonyl (C=O) groups excluding carboxylic acids is 1. The third-order valence-electron chi connectivity index (χ3n) is 3.68. The van der Waals surface area contributed by atoms with Gasteiger partial charge in [-0.1, -0.05) is 19.8 Å². The smallest absolute Gasteiger partial charge is 0.224 e. The summed E-state index contributed by atoms with van der Waals surface area (Å²) in [6, 6.07) is 0.238. The summed E-state index contributed by atoms with van der Waals surface area (Å²) >= 11 is 0. The third kappa shape index (κ3) is 3.49. The molecule has 0 aromatic heterocycles. The van der Waals surface area contributed by atoms with Crippen LogP contribution in [0.5, 0.6) is 0 Å². The Bertz CT molecular complexity index is 210. The van der Waals surface area contributed by atoms with Gasteiger partial charge in [0.2, 0.25) is 5.91 Å². The zero-order valence-corrected chi connectivity index (χ0v) is 10.1. The molecule has 0 aromatic rings. The van der Waals surface area contributed by atoms with Gasteiger partial charge in [-0.25, -0.2) is 0 Å². The third-order valence-corrected chi connectivity index (χ3v) is 3.68. The summed E-state index contributed by atoms with van der Waals surface area (Å²) in [6.45, 7) is 5.88. The molecule has 1 rings (SSSR count). The Kier molecular flexibility index (Phi) is 4.58. The molecule has 0 heterocycles. The van der Waals surface area contributed by atoms with Crippen LogP contribution in [-0.4, -0.2) is 18.0 Å². The number of hydrogen-bond donors (Lipinski definition) is 2. The highest BCUT2D eigenvalue weighted by Gasteiger charge is 2.25. The second kappa shape index (κ2) is 5.50. The van der Waals surface area contributed by atoms with Gasteiger partial charge in [-0.05, 0) is 32.6 Å². The van der Waals surface area contributed by atoms with Gasteiger partial charge in [0.25, 0.3) is 0 Å². The molecule has 1 aliphatic carbocycles. The summed E-state index contributed by atoms with van der Waals surface area (Å²) < 4.78 is 0. The van der Waals surface area contributed by atoms with Crippen molar-refractivity contribution in [2.45, 2.75) is 58.5 Å². The SMILES string of the molecule is CC(N)C(C)C(=O)N[C@H](C)C1CCCC1. The van der Waals surface area contributed by atoms with E-state index in [1.165, 1.54) is 25.7 Å². The van der Waals surface area contributed by atoms with Crippen LogP contribution in [0.4, 0.5) is 0 Å². The van der Waals surface area contributed by atoms with E-state index in [2.05, 4.69) is 12.2 Å². The molecule has 1 amide bonds.